The predicted octanol–water partition coefficient (Wildman–Crippen LogP) is 13.8. The van der Waals surface area contributed by atoms with Gasteiger partial charge in [-0.3, -0.25) is 0 Å². The zero-order valence-electron chi connectivity index (χ0n) is 33.8. The van der Waals surface area contributed by atoms with E-state index < -0.39 is 0 Å². The van der Waals surface area contributed by atoms with Crippen LogP contribution in [0.1, 0.15) is 84.6 Å². The van der Waals surface area contributed by atoms with Crippen LogP contribution in [-0.4, -0.2) is 31.9 Å². The van der Waals surface area contributed by atoms with E-state index in [4.69, 9.17) is 0 Å². The van der Waals surface area contributed by atoms with Gasteiger partial charge in [-0.15, -0.1) is 69.1 Å². The van der Waals surface area contributed by atoms with Crippen molar-refractivity contribution in [3.8, 4) is 22.3 Å². The maximum absolute atomic E-state index is 3.50. The number of rotatable bonds is 4. The van der Waals surface area contributed by atoms with Crippen LogP contribution in [0.4, 0.5) is 0 Å². The summed E-state index contributed by atoms with van der Waals surface area (Å²) in [7, 11) is 7.00. The first kappa shape index (κ1) is 43.9. The molecule has 0 bridgehead atoms. The summed E-state index contributed by atoms with van der Waals surface area (Å²) in [5.74, 6) is 0. The Morgan fingerprint density at radius 3 is 1.10 bits per heavy atom. The minimum atomic E-state index is 0.209. The second-order valence-corrected chi connectivity index (χ2v) is 17.0. The van der Waals surface area contributed by atoms with Crippen molar-refractivity contribution in [2.45, 2.75) is 86.0 Å². The molecule has 0 aromatic heterocycles. The van der Waals surface area contributed by atoms with Crippen LogP contribution in [0.5, 0.6) is 0 Å². The van der Waals surface area contributed by atoms with Crippen LogP contribution < -0.4 is 0 Å². The van der Waals surface area contributed by atoms with Gasteiger partial charge in [-0.25, -0.2) is 0 Å². The topological polar surface area (TPSA) is 28.2 Å². The number of hydrogen-bond acceptors (Lipinski definition) is 0. The molecule has 6 rings (SSSR count). The van der Waals surface area contributed by atoms with Gasteiger partial charge in [0.15, 0.2) is 0 Å². The summed E-state index contributed by atoms with van der Waals surface area (Å²) < 4.78 is 2.14. The molecule has 0 saturated carbocycles. The van der Waals surface area contributed by atoms with E-state index in [1.807, 2.05) is 0 Å². The molecular formula is C48H62HfN2-2. The van der Waals surface area contributed by atoms with E-state index in [0.717, 1.165) is 12.8 Å². The molecule has 0 amide bonds. The van der Waals surface area contributed by atoms with E-state index in [0.29, 0.717) is 0 Å². The summed E-state index contributed by atoms with van der Waals surface area (Å²) in [5.41, 5.74) is 11.3. The maximum atomic E-state index is 3.50. The van der Waals surface area contributed by atoms with E-state index in [1.165, 1.54) is 89.9 Å². The van der Waals surface area contributed by atoms with Gasteiger partial charge in [0, 0.05) is 0 Å². The molecule has 0 spiro atoms. The molecule has 6 aromatic rings. The summed E-state index contributed by atoms with van der Waals surface area (Å²) in [6.07, 6.45) is 2.19. The van der Waals surface area contributed by atoms with Crippen molar-refractivity contribution >= 4 is 25.3 Å². The predicted molar refractivity (Wildman–Crippen MR) is 228 cm³/mol. The maximum Gasteiger partial charge on any atom is -0.162 e. The molecule has 0 N–H and O–H groups in total. The van der Waals surface area contributed by atoms with Crippen molar-refractivity contribution in [2.24, 2.45) is 0 Å². The van der Waals surface area contributed by atoms with E-state index in [2.05, 4.69) is 186 Å². The first-order valence-corrected chi connectivity index (χ1v) is 20.3. The first-order valence-electron chi connectivity index (χ1n) is 18.2. The second-order valence-electron chi connectivity index (χ2n) is 14.9. The largest absolute Gasteiger partial charge is 0.668 e. The van der Waals surface area contributed by atoms with Crippen molar-refractivity contribution < 1.29 is 23.9 Å². The van der Waals surface area contributed by atoms with E-state index in [-0.39, 0.29) is 10.8 Å². The monoisotopic (exact) mass is 846 g/mol. The molecule has 0 unspecified atom stereocenters. The van der Waals surface area contributed by atoms with Gasteiger partial charge in [-0.1, -0.05) is 127 Å². The van der Waals surface area contributed by atoms with Gasteiger partial charge in [-0.05, 0) is 45.9 Å². The van der Waals surface area contributed by atoms with Crippen LogP contribution in [0, 0.1) is 0 Å². The summed E-state index contributed by atoms with van der Waals surface area (Å²) in [5, 5.41) is 12.4. The fraction of sp³-hybridized carbons (Fsp3) is 0.354. The van der Waals surface area contributed by atoms with Crippen molar-refractivity contribution in [1.82, 2.24) is 0 Å². The van der Waals surface area contributed by atoms with E-state index >= 15 is 0 Å². The number of nitrogens with zero attached hydrogens (tertiary/aromatic N) is 2. The molecule has 270 valence electrons. The van der Waals surface area contributed by atoms with Crippen LogP contribution in [0.25, 0.3) is 54.4 Å². The molecule has 3 heteroatoms. The molecule has 0 radical (unpaired) electrons. The SMILES string of the molecule is CCc1cc2c(-c3ccc(C(C)(C)C)cc3)cccc2[cH-]1.CCc1cc2c(-c3ccc(C(C)(C)C)cc3)cccc2[cH-]1.C[CH]=[Hf+2].C[N-]C.C[N-]C. The van der Waals surface area contributed by atoms with Crippen LogP contribution in [-0.2, 0) is 47.6 Å². The molecule has 0 aliphatic heterocycles. The average Bonchev–Trinajstić information content (AvgIpc) is 3.73. The van der Waals surface area contributed by atoms with Crippen LogP contribution in [0.3, 0.4) is 0 Å². The Morgan fingerprint density at radius 2 is 0.843 bits per heavy atom. The van der Waals surface area contributed by atoms with Crippen LogP contribution in [0.15, 0.2) is 109 Å². The Hall–Kier alpha value is -3.24. The van der Waals surface area contributed by atoms with Crippen molar-refractivity contribution in [2.75, 3.05) is 28.2 Å². The molecular weight excluding hydrogens is 783 g/mol. The van der Waals surface area contributed by atoms with Crippen molar-refractivity contribution in [3.05, 3.63) is 142 Å². The van der Waals surface area contributed by atoms with Gasteiger partial charge in [0.2, 0.25) is 0 Å². The normalized spacial score (nSPS) is 10.9. The van der Waals surface area contributed by atoms with Gasteiger partial charge >= 0.3 is 34.6 Å². The first-order chi connectivity index (χ1) is 24.2. The minimum absolute atomic E-state index is 0.209. The molecule has 0 fully saturated rings. The molecule has 0 saturated heterocycles. The Labute approximate surface area is 325 Å². The minimum Gasteiger partial charge on any atom is -0.668 e. The van der Waals surface area contributed by atoms with Gasteiger partial charge in [0.05, 0.1) is 0 Å². The van der Waals surface area contributed by atoms with Crippen molar-refractivity contribution in [3.63, 3.8) is 0 Å². The van der Waals surface area contributed by atoms with Crippen molar-refractivity contribution in [1.29, 1.82) is 0 Å². The summed E-state index contributed by atoms with van der Waals surface area (Å²) in [6.45, 7) is 20.0. The number of aryl methyl sites for hydroxylation is 2. The van der Waals surface area contributed by atoms with Crippen LogP contribution >= 0.6 is 0 Å². The third-order valence-corrected chi connectivity index (χ3v) is 8.56. The fourth-order valence-electron chi connectivity index (χ4n) is 5.80. The smallest absolute Gasteiger partial charge is 0.162 e. The van der Waals surface area contributed by atoms with E-state index in [1.54, 1.807) is 28.2 Å². The zero-order chi connectivity index (χ0) is 38.2. The van der Waals surface area contributed by atoms with E-state index in [9.17, 15) is 0 Å². The third kappa shape index (κ3) is 13.0. The quantitative estimate of drug-likeness (QED) is 0.125. The molecule has 0 aliphatic carbocycles. The van der Waals surface area contributed by atoms with Crippen LogP contribution in [0.2, 0.25) is 0 Å². The molecule has 2 nitrogen and oxygen atoms in total. The Bertz CT molecular complexity index is 1730. The zero-order valence-corrected chi connectivity index (χ0v) is 37.4. The third-order valence-electron chi connectivity index (χ3n) is 8.56. The Balaban J connectivity index is 0.000000287. The second kappa shape index (κ2) is 21.3. The number of hydrogen-bond donors (Lipinski definition) is 0. The Morgan fingerprint density at radius 1 is 0.549 bits per heavy atom. The van der Waals surface area contributed by atoms with Gasteiger partial charge in [0.25, 0.3) is 0 Å². The fourth-order valence-corrected chi connectivity index (χ4v) is 5.80. The number of fused-ring (bicyclic) bond motifs is 2. The van der Waals surface area contributed by atoms with Gasteiger partial charge < -0.3 is 10.6 Å². The van der Waals surface area contributed by atoms with Gasteiger partial charge in [-0.2, -0.15) is 40.3 Å². The summed E-state index contributed by atoms with van der Waals surface area (Å²) in [4.78, 5) is 0. The molecule has 0 aliphatic rings. The molecule has 51 heavy (non-hydrogen) atoms. The number of benzene rings is 4. The Kier molecular flexibility index (Phi) is 18.4. The summed E-state index contributed by atoms with van der Waals surface area (Å²) in [6, 6.07) is 40.6. The molecule has 0 atom stereocenters. The molecule has 6 aromatic carbocycles. The standard InChI is InChI=1S/2C21H23.2C2H6N.C2H4.Hf/c2*1-5-15-13-17-7-6-8-19(20(17)14-15)16-9-11-18(12-10-16)21(2,3)4;2*1-3-2;1-2;/h2*6-14H,5H2,1-4H3;2*1-2H3;1H,2H3;/q4*-1;;+2. The summed E-state index contributed by atoms with van der Waals surface area (Å²) >= 11 is 1.24. The molecule has 0 heterocycles. The average molecular weight is 846 g/mol. The van der Waals surface area contributed by atoms with Gasteiger partial charge in [0.1, 0.15) is 0 Å².